The summed E-state index contributed by atoms with van der Waals surface area (Å²) >= 11 is 13.3. The number of nitrogens with one attached hydrogen (secondary N) is 1. The molecule has 0 aliphatic rings. The van der Waals surface area contributed by atoms with Crippen molar-refractivity contribution in [2.75, 3.05) is 6.54 Å². The number of carbonyl (C=O) groups is 2. The summed E-state index contributed by atoms with van der Waals surface area (Å²) in [6.07, 6.45) is 1.50. The van der Waals surface area contributed by atoms with Gasteiger partial charge in [0, 0.05) is 17.0 Å². The van der Waals surface area contributed by atoms with Gasteiger partial charge in [-0.1, -0.05) is 23.2 Å². The number of aromatic nitrogens is 2. The van der Waals surface area contributed by atoms with E-state index in [2.05, 4.69) is 15.3 Å². The second kappa shape index (κ2) is 5.80. The Labute approximate surface area is 142 Å². The molecule has 0 bridgehead atoms. The zero-order chi connectivity index (χ0) is 16.7. The normalized spacial score (nSPS) is 11.0. The third-order valence-electron chi connectivity index (χ3n) is 3.03. The second-order valence-electron chi connectivity index (χ2n) is 4.46. The first-order valence-corrected chi connectivity index (χ1v) is 7.72. The highest BCUT2D eigenvalue weighted by Crippen LogP contribution is 2.44. The van der Waals surface area contributed by atoms with Crippen LogP contribution < -0.4 is 5.32 Å². The van der Waals surface area contributed by atoms with Gasteiger partial charge < -0.3 is 15.5 Å². The molecule has 3 N–H and O–H groups in total. The molecule has 0 spiro atoms. The fourth-order valence-corrected chi connectivity index (χ4v) is 3.81. The predicted molar refractivity (Wildman–Crippen MR) is 86.6 cm³/mol. The molecule has 23 heavy (non-hydrogen) atoms. The highest BCUT2D eigenvalue weighted by Gasteiger charge is 2.23. The highest BCUT2D eigenvalue weighted by atomic mass is 35.5. The molecule has 0 aliphatic heterocycles. The maximum absolute atomic E-state index is 12.0. The summed E-state index contributed by atoms with van der Waals surface area (Å²) in [6, 6.07) is 1.68. The number of carbonyl (C=O) groups excluding carboxylic acids is 1. The number of thiophene rings is 1. The van der Waals surface area contributed by atoms with Crippen LogP contribution in [0.2, 0.25) is 10.3 Å². The van der Waals surface area contributed by atoms with Crippen LogP contribution in [0.4, 0.5) is 0 Å². The molecule has 0 aromatic carbocycles. The summed E-state index contributed by atoms with van der Waals surface area (Å²) in [5.41, 5.74) is -0.348. The van der Waals surface area contributed by atoms with E-state index in [1.807, 2.05) is 0 Å². The molecule has 3 aromatic rings. The molecule has 0 saturated heterocycles. The van der Waals surface area contributed by atoms with Crippen molar-refractivity contribution in [2.45, 2.75) is 0 Å². The number of rotatable bonds is 3. The van der Waals surface area contributed by atoms with E-state index in [0.29, 0.717) is 20.2 Å². The van der Waals surface area contributed by atoms with Crippen LogP contribution in [0.25, 0.3) is 20.2 Å². The minimum absolute atomic E-state index is 0.00629. The number of aliphatic carboxylic acids is 1. The SMILES string of the molecule is O=C(O)CNC(=O)c1nc(Cl)c2c(sc3c(Cl)nccc32)c1O. The molecule has 3 aromatic heterocycles. The Morgan fingerprint density at radius 3 is 2.70 bits per heavy atom. The maximum Gasteiger partial charge on any atom is 0.322 e. The van der Waals surface area contributed by atoms with Gasteiger partial charge in [-0.2, -0.15) is 0 Å². The minimum Gasteiger partial charge on any atom is -0.504 e. The Bertz CT molecular complexity index is 973. The zero-order valence-electron chi connectivity index (χ0n) is 11.1. The first-order chi connectivity index (χ1) is 10.9. The van der Waals surface area contributed by atoms with Crippen LogP contribution in [-0.4, -0.2) is 38.6 Å². The first-order valence-electron chi connectivity index (χ1n) is 6.15. The standard InChI is InChI=1S/C13H7Cl2N3O4S/c14-11-6-4-1-2-16-12(15)9(4)23-10(6)8(21)7(18-11)13(22)17-3-5(19)20/h1-2,21H,3H2,(H,17,22)(H,19,20). The molecule has 0 fully saturated rings. The monoisotopic (exact) mass is 371 g/mol. The Morgan fingerprint density at radius 2 is 2.00 bits per heavy atom. The van der Waals surface area contributed by atoms with E-state index >= 15 is 0 Å². The lowest BCUT2D eigenvalue weighted by atomic mass is 10.2. The molecule has 0 unspecified atom stereocenters. The lowest BCUT2D eigenvalue weighted by Crippen LogP contribution is -2.30. The van der Waals surface area contributed by atoms with Crippen LogP contribution in [0, 0.1) is 0 Å². The Hall–Kier alpha value is -2.16. The van der Waals surface area contributed by atoms with Gasteiger partial charge in [-0.15, -0.1) is 11.3 Å². The third kappa shape index (κ3) is 2.65. The number of hydrogen-bond donors (Lipinski definition) is 3. The van der Waals surface area contributed by atoms with Gasteiger partial charge in [0.15, 0.2) is 11.4 Å². The van der Waals surface area contributed by atoms with Gasteiger partial charge in [0.05, 0.1) is 9.40 Å². The average Bonchev–Trinajstić information content (AvgIpc) is 2.90. The minimum atomic E-state index is -1.22. The predicted octanol–water partition coefficient (Wildman–Crippen LogP) is 2.67. The molecule has 0 atom stereocenters. The molecule has 0 aliphatic carbocycles. The summed E-state index contributed by atoms with van der Waals surface area (Å²) in [6.45, 7) is -0.599. The Kier molecular flexibility index (Phi) is 3.97. The lowest BCUT2D eigenvalue weighted by Gasteiger charge is -2.06. The summed E-state index contributed by atoms with van der Waals surface area (Å²) in [5.74, 6) is -2.44. The molecule has 3 rings (SSSR count). The number of carboxylic acids is 1. The van der Waals surface area contributed by atoms with E-state index in [1.165, 1.54) is 6.20 Å². The fourth-order valence-electron chi connectivity index (χ4n) is 2.08. The summed E-state index contributed by atoms with van der Waals surface area (Å²) in [7, 11) is 0. The number of pyridine rings is 2. The quantitative estimate of drug-likeness (QED) is 0.610. The summed E-state index contributed by atoms with van der Waals surface area (Å²) in [4.78, 5) is 30.3. The van der Waals surface area contributed by atoms with Crippen LogP contribution >= 0.6 is 34.5 Å². The molecule has 0 saturated carbocycles. The van der Waals surface area contributed by atoms with Crippen molar-refractivity contribution in [2.24, 2.45) is 0 Å². The van der Waals surface area contributed by atoms with Crippen molar-refractivity contribution in [1.29, 1.82) is 0 Å². The molecular formula is C13H7Cl2N3O4S. The average molecular weight is 372 g/mol. The van der Waals surface area contributed by atoms with E-state index in [1.54, 1.807) is 6.07 Å². The smallest absolute Gasteiger partial charge is 0.322 e. The number of hydrogen-bond acceptors (Lipinski definition) is 6. The van der Waals surface area contributed by atoms with Crippen LogP contribution in [0.5, 0.6) is 5.75 Å². The highest BCUT2D eigenvalue weighted by molar-refractivity contribution is 7.26. The van der Waals surface area contributed by atoms with Gasteiger partial charge in [-0.3, -0.25) is 9.59 Å². The van der Waals surface area contributed by atoms with E-state index in [9.17, 15) is 14.7 Å². The number of aromatic hydroxyl groups is 1. The van der Waals surface area contributed by atoms with Crippen LogP contribution in [0.15, 0.2) is 12.3 Å². The molecule has 3 heterocycles. The van der Waals surface area contributed by atoms with Gasteiger partial charge in [-0.05, 0) is 6.07 Å². The molecule has 0 radical (unpaired) electrons. The molecular weight excluding hydrogens is 365 g/mol. The first kappa shape index (κ1) is 15.7. The molecule has 7 nitrogen and oxygen atoms in total. The van der Waals surface area contributed by atoms with Gasteiger partial charge in [-0.25, -0.2) is 9.97 Å². The van der Waals surface area contributed by atoms with Crippen molar-refractivity contribution in [3.05, 3.63) is 28.3 Å². The van der Waals surface area contributed by atoms with Crippen LogP contribution in [0.1, 0.15) is 10.5 Å². The Morgan fingerprint density at radius 1 is 1.26 bits per heavy atom. The topological polar surface area (TPSA) is 112 Å². The van der Waals surface area contributed by atoms with Gasteiger partial charge in [0.1, 0.15) is 16.9 Å². The van der Waals surface area contributed by atoms with Crippen molar-refractivity contribution in [3.63, 3.8) is 0 Å². The van der Waals surface area contributed by atoms with Gasteiger partial charge >= 0.3 is 5.97 Å². The van der Waals surface area contributed by atoms with Crippen molar-refractivity contribution in [1.82, 2.24) is 15.3 Å². The van der Waals surface area contributed by atoms with E-state index in [-0.39, 0.29) is 21.7 Å². The van der Waals surface area contributed by atoms with Gasteiger partial charge in [0.2, 0.25) is 0 Å². The molecule has 1 amide bonds. The van der Waals surface area contributed by atoms with E-state index in [0.717, 1.165) is 11.3 Å². The third-order valence-corrected chi connectivity index (χ3v) is 4.92. The maximum atomic E-state index is 12.0. The van der Waals surface area contributed by atoms with Crippen molar-refractivity contribution >= 4 is 66.6 Å². The lowest BCUT2D eigenvalue weighted by molar-refractivity contribution is -0.135. The van der Waals surface area contributed by atoms with Crippen LogP contribution in [0.3, 0.4) is 0 Å². The Balaban J connectivity index is 2.22. The largest absolute Gasteiger partial charge is 0.504 e. The van der Waals surface area contributed by atoms with E-state index < -0.39 is 18.4 Å². The molecule has 118 valence electrons. The number of amides is 1. The number of halogens is 2. The van der Waals surface area contributed by atoms with Crippen molar-refractivity contribution in [3.8, 4) is 5.75 Å². The molecule has 10 heteroatoms. The number of fused-ring (bicyclic) bond motifs is 3. The summed E-state index contributed by atoms with van der Waals surface area (Å²) < 4.78 is 0.932. The van der Waals surface area contributed by atoms with Crippen LogP contribution in [-0.2, 0) is 4.79 Å². The zero-order valence-corrected chi connectivity index (χ0v) is 13.5. The van der Waals surface area contributed by atoms with Crippen molar-refractivity contribution < 1.29 is 19.8 Å². The summed E-state index contributed by atoms with van der Waals surface area (Å²) in [5, 5.41) is 22.4. The number of nitrogens with zero attached hydrogens (tertiary/aromatic N) is 2. The fraction of sp³-hybridized carbons (Fsp3) is 0.0769. The second-order valence-corrected chi connectivity index (χ2v) is 6.20. The van der Waals surface area contributed by atoms with E-state index in [4.69, 9.17) is 28.3 Å². The van der Waals surface area contributed by atoms with Gasteiger partial charge in [0.25, 0.3) is 5.91 Å². The number of carboxylic acid groups (broad SMARTS) is 1.